The number of aryl methyl sites for hydroxylation is 1. The van der Waals surface area contributed by atoms with Crippen molar-refractivity contribution in [3.8, 4) is 0 Å². The van der Waals surface area contributed by atoms with Gasteiger partial charge in [0.05, 0.1) is 11.4 Å². The molecule has 0 fully saturated rings. The fourth-order valence-corrected chi connectivity index (χ4v) is 3.29. The van der Waals surface area contributed by atoms with E-state index in [-0.39, 0.29) is 5.78 Å². The monoisotopic (exact) mass is 323 g/mol. The number of para-hydroxylation sites is 1. The van der Waals surface area contributed by atoms with Crippen molar-refractivity contribution in [2.75, 3.05) is 16.8 Å². The van der Waals surface area contributed by atoms with Crippen LogP contribution in [0.2, 0.25) is 0 Å². The molecular weight excluding hydrogens is 306 g/mol. The normalized spacial score (nSPS) is 10.5. The summed E-state index contributed by atoms with van der Waals surface area (Å²) in [5, 5.41) is 3.96. The van der Waals surface area contributed by atoms with Crippen molar-refractivity contribution in [1.29, 1.82) is 0 Å². The Hall–Kier alpha value is -2.79. The average molecular weight is 323 g/mol. The van der Waals surface area contributed by atoms with E-state index in [0.717, 1.165) is 11.3 Å². The fraction of sp³-hybridized carbons (Fsp3) is 0.0556. The van der Waals surface area contributed by atoms with Crippen LogP contribution in [0.1, 0.15) is 20.8 Å². The number of hydrogen-bond donors (Lipinski definition) is 3. The maximum absolute atomic E-state index is 12.6. The summed E-state index contributed by atoms with van der Waals surface area (Å²) >= 11 is 1.28. The van der Waals surface area contributed by atoms with Crippen LogP contribution in [0, 0.1) is 6.92 Å². The maximum atomic E-state index is 12.6. The highest BCUT2D eigenvalue weighted by molar-refractivity contribution is 7.19. The summed E-state index contributed by atoms with van der Waals surface area (Å²) in [6.45, 7) is 2.01. The minimum atomic E-state index is -0.113. The van der Waals surface area contributed by atoms with Crippen LogP contribution in [-0.2, 0) is 0 Å². The van der Waals surface area contributed by atoms with E-state index in [0.29, 0.717) is 26.8 Å². The van der Waals surface area contributed by atoms with Crippen LogP contribution in [0.3, 0.4) is 0 Å². The van der Waals surface area contributed by atoms with Crippen LogP contribution in [0.25, 0.3) is 0 Å². The SMILES string of the molecule is Cc1ccccc1Nc1sc(C(=O)c2ccccc2)c(N)c1N. The summed E-state index contributed by atoms with van der Waals surface area (Å²) in [7, 11) is 0. The third-order valence-corrected chi connectivity index (χ3v) is 4.75. The van der Waals surface area contributed by atoms with Gasteiger partial charge in [-0.1, -0.05) is 48.5 Å². The Kier molecular flexibility index (Phi) is 4.04. The Morgan fingerprint density at radius 3 is 2.30 bits per heavy atom. The predicted octanol–water partition coefficient (Wildman–Crippen LogP) is 4.20. The average Bonchev–Trinajstić information content (AvgIpc) is 2.85. The smallest absolute Gasteiger partial charge is 0.205 e. The van der Waals surface area contributed by atoms with E-state index >= 15 is 0 Å². The van der Waals surface area contributed by atoms with Gasteiger partial charge in [-0.2, -0.15) is 0 Å². The molecule has 0 aliphatic rings. The summed E-state index contributed by atoms with van der Waals surface area (Å²) in [6.07, 6.45) is 0. The number of ketones is 1. The molecule has 23 heavy (non-hydrogen) atoms. The zero-order chi connectivity index (χ0) is 16.4. The third-order valence-electron chi connectivity index (χ3n) is 3.62. The van der Waals surface area contributed by atoms with Gasteiger partial charge < -0.3 is 16.8 Å². The summed E-state index contributed by atoms with van der Waals surface area (Å²) in [4.78, 5) is 13.1. The van der Waals surface area contributed by atoms with Gasteiger partial charge in [-0.3, -0.25) is 4.79 Å². The topological polar surface area (TPSA) is 81.1 Å². The summed E-state index contributed by atoms with van der Waals surface area (Å²) in [6, 6.07) is 16.9. The highest BCUT2D eigenvalue weighted by Gasteiger charge is 2.20. The van der Waals surface area contributed by atoms with Crippen molar-refractivity contribution in [3.05, 3.63) is 70.6 Å². The van der Waals surface area contributed by atoms with Crippen LogP contribution in [0.5, 0.6) is 0 Å². The second-order valence-corrected chi connectivity index (χ2v) is 6.24. The number of hydrogen-bond acceptors (Lipinski definition) is 5. The highest BCUT2D eigenvalue weighted by atomic mass is 32.1. The molecule has 0 aliphatic heterocycles. The molecule has 0 bridgehead atoms. The third kappa shape index (κ3) is 2.91. The minimum Gasteiger partial charge on any atom is -0.396 e. The van der Waals surface area contributed by atoms with E-state index in [1.807, 2.05) is 49.4 Å². The Labute approximate surface area is 138 Å². The largest absolute Gasteiger partial charge is 0.396 e. The van der Waals surface area contributed by atoms with Crippen molar-refractivity contribution in [3.63, 3.8) is 0 Å². The van der Waals surface area contributed by atoms with E-state index in [9.17, 15) is 4.79 Å². The first-order valence-corrected chi connectivity index (χ1v) is 7.99. The number of carbonyl (C=O) groups excluding carboxylic acids is 1. The molecule has 0 saturated carbocycles. The van der Waals surface area contributed by atoms with Crippen LogP contribution >= 0.6 is 11.3 Å². The van der Waals surface area contributed by atoms with Gasteiger partial charge in [0, 0.05) is 11.3 Å². The lowest BCUT2D eigenvalue weighted by Gasteiger charge is -2.07. The van der Waals surface area contributed by atoms with Gasteiger partial charge in [0.25, 0.3) is 0 Å². The molecule has 4 nitrogen and oxygen atoms in total. The molecule has 5 N–H and O–H groups in total. The summed E-state index contributed by atoms with van der Waals surface area (Å²) < 4.78 is 0. The number of benzene rings is 2. The number of thiophene rings is 1. The lowest BCUT2D eigenvalue weighted by molar-refractivity contribution is 0.104. The molecule has 0 unspecified atom stereocenters. The van der Waals surface area contributed by atoms with Gasteiger partial charge in [0.15, 0.2) is 0 Å². The van der Waals surface area contributed by atoms with Crippen molar-refractivity contribution >= 4 is 39.2 Å². The first kappa shape index (κ1) is 15.1. The van der Waals surface area contributed by atoms with Crippen molar-refractivity contribution in [2.24, 2.45) is 0 Å². The zero-order valence-electron chi connectivity index (χ0n) is 12.7. The standard InChI is InChI=1S/C18H17N3OS/c1-11-7-5-6-10-13(11)21-18-15(20)14(19)17(23-18)16(22)12-8-3-2-4-9-12/h2-10,21H,19-20H2,1H3. The molecule has 1 heterocycles. The number of anilines is 4. The lowest BCUT2D eigenvalue weighted by atomic mass is 10.1. The van der Waals surface area contributed by atoms with E-state index in [1.54, 1.807) is 12.1 Å². The molecule has 2 aromatic carbocycles. The second kappa shape index (κ2) is 6.14. The summed E-state index contributed by atoms with van der Waals surface area (Å²) in [5.41, 5.74) is 15.5. The maximum Gasteiger partial charge on any atom is 0.205 e. The van der Waals surface area contributed by atoms with Crippen LogP contribution in [0.15, 0.2) is 54.6 Å². The molecule has 5 heteroatoms. The van der Waals surface area contributed by atoms with Crippen molar-refractivity contribution < 1.29 is 4.79 Å². The van der Waals surface area contributed by atoms with E-state index in [2.05, 4.69) is 5.32 Å². The van der Waals surface area contributed by atoms with Gasteiger partial charge >= 0.3 is 0 Å². The van der Waals surface area contributed by atoms with Crippen LogP contribution in [-0.4, -0.2) is 5.78 Å². The number of carbonyl (C=O) groups is 1. The predicted molar refractivity (Wildman–Crippen MR) is 97.5 cm³/mol. The number of rotatable bonds is 4. The molecule has 1 aromatic heterocycles. The Morgan fingerprint density at radius 2 is 1.61 bits per heavy atom. The van der Waals surface area contributed by atoms with Crippen LogP contribution in [0.4, 0.5) is 22.1 Å². The lowest BCUT2D eigenvalue weighted by Crippen LogP contribution is -2.03. The van der Waals surface area contributed by atoms with E-state index < -0.39 is 0 Å². The molecule has 116 valence electrons. The number of nitrogen functional groups attached to an aromatic ring is 2. The molecule has 0 saturated heterocycles. The molecule has 0 radical (unpaired) electrons. The van der Waals surface area contributed by atoms with E-state index in [4.69, 9.17) is 11.5 Å². The molecule has 0 spiro atoms. The summed E-state index contributed by atoms with van der Waals surface area (Å²) in [5.74, 6) is -0.113. The Morgan fingerprint density at radius 1 is 0.957 bits per heavy atom. The van der Waals surface area contributed by atoms with Gasteiger partial charge in [0.2, 0.25) is 5.78 Å². The molecule has 0 aliphatic carbocycles. The Balaban J connectivity index is 1.96. The first-order valence-electron chi connectivity index (χ1n) is 7.18. The molecule has 3 aromatic rings. The first-order chi connectivity index (χ1) is 11.1. The highest BCUT2D eigenvalue weighted by Crippen LogP contribution is 2.41. The number of nitrogens with two attached hydrogens (primary N) is 2. The van der Waals surface area contributed by atoms with Gasteiger partial charge in [-0.25, -0.2) is 0 Å². The van der Waals surface area contributed by atoms with Crippen molar-refractivity contribution in [1.82, 2.24) is 0 Å². The Bertz CT molecular complexity index is 856. The number of nitrogens with one attached hydrogen (secondary N) is 1. The quantitative estimate of drug-likeness (QED) is 0.629. The van der Waals surface area contributed by atoms with Gasteiger partial charge in [-0.15, -0.1) is 11.3 Å². The fourth-order valence-electron chi connectivity index (χ4n) is 2.27. The van der Waals surface area contributed by atoms with Crippen LogP contribution < -0.4 is 16.8 Å². The van der Waals surface area contributed by atoms with Crippen molar-refractivity contribution in [2.45, 2.75) is 6.92 Å². The molecular formula is C18H17N3OS. The molecule has 3 rings (SSSR count). The van der Waals surface area contributed by atoms with Gasteiger partial charge in [-0.05, 0) is 18.6 Å². The molecule has 0 atom stereocenters. The zero-order valence-corrected chi connectivity index (χ0v) is 13.5. The van der Waals surface area contributed by atoms with E-state index in [1.165, 1.54) is 11.3 Å². The van der Waals surface area contributed by atoms with Gasteiger partial charge in [0.1, 0.15) is 9.88 Å². The molecule has 0 amide bonds. The second-order valence-electron chi connectivity index (χ2n) is 5.22. The minimum absolute atomic E-state index is 0.113.